The lowest BCUT2D eigenvalue weighted by molar-refractivity contribution is 0.102. The monoisotopic (exact) mass is 320 g/mol. The molecule has 0 heterocycles. The van der Waals surface area contributed by atoms with Gasteiger partial charge in [-0.3, -0.25) is 4.79 Å². The molecule has 0 unspecified atom stereocenters. The van der Waals surface area contributed by atoms with Crippen LogP contribution in [0, 0.1) is 11.3 Å². The first kappa shape index (κ1) is 15.2. The predicted molar refractivity (Wildman–Crippen MR) is 82.0 cm³/mol. The zero-order chi connectivity index (χ0) is 15.2. The lowest BCUT2D eigenvalue weighted by Gasteiger charge is -2.08. The van der Waals surface area contributed by atoms with Crippen molar-refractivity contribution in [2.45, 2.75) is 0 Å². The highest BCUT2D eigenvalue weighted by Crippen LogP contribution is 2.22. The number of anilines is 1. The molecular formula is C15H10Cl2N2O2. The van der Waals surface area contributed by atoms with Crippen LogP contribution in [0.2, 0.25) is 10.0 Å². The highest BCUT2D eigenvalue weighted by atomic mass is 35.5. The van der Waals surface area contributed by atoms with E-state index in [1.54, 1.807) is 36.4 Å². The molecule has 0 saturated heterocycles. The molecule has 2 rings (SSSR count). The highest BCUT2D eigenvalue weighted by molar-refractivity contribution is 6.37. The maximum absolute atomic E-state index is 12.1. The summed E-state index contributed by atoms with van der Waals surface area (Å²) >= 11 is 11.8. The van der Waals surface area contributed by atoms with E-state index in [1.807, 2.05) is 6.07 Å². The molecule has 4 nitrogen and oxygen atoms in total. The van der Waals surface area contributed by atoms with Gasteiger partial charge in [0.25, 0.3) is 5.91 Å². The maximum Gasteiger partial charge on any atom is 0.257 e. The Kier molecular flexibility index (Phi) is 5.04. The van der Waals surface area contributed by atoms with Crippen LogP contribution in [0.3, 0.4) is 0 Å². The van der Waals surface area contributed by atoms with Gasteiger partial charge in [0.15, 0.2) is 6.61 Å². The summed E-state index contributed by atoms with van der Waals surface area (Å²) in [4.78, 5) is 12.1. The fourth-order valence-corrected chi connectivity index (χ4v) is 2.12. The van der Waals surface area contributed by atoms with Gasteiger partial charge in [-0.05, 0) is 42.5 Å². The average Bonchev–Trinajstić information content (AvgIpc) is 2.46. The van der Waals surface area contributed by atoms with Gasteiger partial charge in [-0.1, -0.05) is 23.2 Å². The Morgan fingerprint density at radius 2 is 1.90 bits per heavy atom. The van der Waals surface area contributed by atoms with Crippen LogP contribution in [0.1, 0.15) is 10.4 Å². The number of halogens is 2. The maximum atomic E-state index is 12.1. The average molecular weight is 321 g/mol. The van der Waals surface area contributed by atoms with Crippen LogP contribution >= 0.6 is 23.2 Å². The third-order valence-corrected chi connectivity index (χ3v) is 3.14. The number of hydrogen-bond acceptors (Lipinski definition) is 3. The topological polar surface area (TPSA) is 62.1 Å². The van der Waals surface area contributed by atoms with E-state index < -0.39 is 0 Å². The van der Waals surface area contributed by atoms with Crippen molar-refractivity contribution in [2.24, 2.45) is 0 Å². The van der Waals surface area contributed by atoms with Crippen LogP contribution in [0.25, 0.3) is 0 Å². The van der Waals surface area contributed by atoms with Crippen molar-refractivity contribution < 1.29 is 9.53 Å². The molecule has 0 aliphatic heterocycles. The van der Waals surface area contributed by atoms with Crippen LogP contribution in [0.15, 0.2) is 42.5 Å². The molecule has 2 aromatic carbocycles. The molecule has 2 aromatic rings. The van der Waals surface area contributed by atoms with Gasteiger partial charge in [-0.2, -0.15) is 5.26 Å². The Hall–Kier alpha value is -2.22. The van der Waals surface area contributed by atoms with Crippen LogP contribution in [0.5, 0.6) is 5.75 Å². The summed E-state index contributed by atoms with van der Waals surface area (Å²) in [5.74, 6) is 0.224. The first-order valence-electron chi connectivity index (χ1n) is 5.96. The summed E-state index contributed by atoms with van der Waals surface area (Å²) in [6, 6.07) is 13.2. The van der Waals surface area contributed by atoms with Crippen LogP contribution in [-0.2, 0) is 0 Å². The van der Waals surface area contributed by atoms with E-state index in [0.29, 0.717) is 22.0 Å². The molecule has 6 heteroatoms. The van der Waals surface area contributed by atoms with Gasteiger partial charge in [-0.25, -0.2) is 0 Å². The molecule has 0 radical (unpaired) electrons. The van der Waals surface area contributed by atoms with Gasteiger partial charge in [-0.15, -0.1) is 0 Å². The van der Waals surface area contributed by atoms with Crippen molar-refractivity contribution in [2.75, 3.05) is 11.9 Å². The summed E-state index contributed by atoms with van der Waals surface area (Å²) < 4.78 is 5.12. The lowest BCUT2D eigenvalue weighted by atomic mass is 10.2. The zero-order valence-corrected chi connectivity index (χ0v) is 12.3. The van der Waals surface area contributed by atoms with E-state index >= 15 is 0 Å². The number of carbonyl (C=O) groups is 1. The Labute approximate surface area is 131 Å². The third kappa shape index (κ3) is 4.12. The fourth-order valence-electron chi connectivity index (χ4n) is 1.62. The van der Waals surface area contributed by atoms with Gasteiger partial charge in [0.2, 0.25) is 0 Å². The number of carbonyl (C=O) groups excluding carboxylic acids is 1. The molecule has 1 N–H and O–H groups in total. The summed E-state index contributed by atoms with van der Waals surface area (Å²) in [6.45, 7) is -0.0217. The number of rotatable bonds is 4. The van der Waals surface area contributed by atoms with Crippen LogP contribution in [-0.4, -0.2) is 12.5 Å². The van der Waals surface area contributed by atoms with Gasteiger partial charge >= 0.3 is 0 Å². The van der Waals surface area contributed by atoms with Gasteiger partial charge in [0.05, 0.1) is 10.6 Å². The predicted octanol–water partition coefficient (Wildman–Crippen LogP) is 4.15. The number of nitriles is 1. The molecule has 0 spiro atoms. The molecule has 0 aliphatic rings. The molecule has 21 heavy (non-hydrogen) atoms. The first-order chi connectivity index (χ1) is 10.1. The second-order valence-corrected chi connectivity index (χ2v) is 4.89. The number of nitrogens with one attached hydrogen (secondary N) is 1. The Bertz CT molecular complexity index is 694. The number of benzene rings is 2. The summed E-state index contributed by atoms with van der Waals surface area (Å²) in [5, 5.41) is 11.9. The highest BCUT2D eigenvalue weighted by Gasteiger charge is 2.11. The number of hydrogen-bond donors (Lipinski definition) is 1. The second-order valence-electron chi connectivity index (χ2n) is 4.05. The number of amides is 1. The van der Waals surface area contributed by atoms with E-state index in [1.165, 1.54) is 6.07 Å². The molecule has 0 aromatic heterocycles. The molecule has 0 bridgehead atoms. The molecule has 0 fully saturated rings. The number of ether oxygens (including phenoxy) is 1. The minimum Gasteiger partial charge on any atom is -0.479 e. The molecule has 0 saturated carbocycles. The Morgan fingerprint density at radius 3 is 2.52 bits per heavy atom. The summed E-state index contributed by atoms with van der Waals surface area (Å²) in [7, 11) is 0. The lowest BCUT2D eigenvalue weighted by Crippen LogP contribution is -2.12. The second kappa shape index (κ2) is 6.98. The van der Waals surface area contributed by atoms with Crippen LogP contribution < -0.4 is 10.1 Å². The quantitative estimate of drug-likeness (QED) is 0.920. The van der Waals surface area contributed by atoms with Crippen molar-refractivity contribution in [3.63, 3.8) is 0 Å². The third-order valence-electron chi connectivity index (χ3n) is 2.59. The SMILES string of the molecule is N#CCOc1ccc(NC(=O)c2ccc(Cl)cc2Cl)cc1. The van der Waals surface area contributed by atoms with Crippen molar-refractivity contribution in [1.29, 1.82) is 5.26 Å². The van der Waals surface area contributed by atoms with E-state index in [9.17, 15) is 4.79 Å². The van der Waals surface area contributed by atoms with E-state index in [4.69, 9.17) is 33.2 Å². The summed E-state index contributed by atoms with van der Waals surface area (Å²) in [6.07, 6.45) is 0. The van der Waals surface area contributed by atoms with Crippen molar-refractivity contribution in [1.82, 2.24) is 0 Å². The molecule has 106 valence electrons. The molecular weight excluding hydrogens is 311 g/mol. The van der Waals surface area contributed by atoms with Crippen molar-refractivity contribution in [3.8, 4) is 11.8 Å². The van der Waals surface area contributed by atoms with E-state index in [2.05, 4.69) is 5.32 Å². The van der Waals surface area contributed by atoms with Gasteiger partial charge < -0.3 is 10.1 Å². The smallest absolute Gasteiger partial charge is 0.257 e. The first-order valence-corrected chi connectivity index (χ1v) is 6.72. The van der Waals surface area contributed by atoms with Crippen molar-refractivity contribution in [3.05, 3.63) is 58.1 Å². The van der Waals surface area contributed by atoms with Gasteiger partial charge in [0.1, 0.15) is 11.8 Å². The molecule has 1 amide bonds. The standard InChI is InChI=1S/C15H10Cl2N2O2/c16-10-1-6-13(14(17)9-10)15(20)19-11-2-4-12(5-3-11)21-8-7-18/h1-6,9H,8H2,(H,19,20). The van der Waals surface area contributed by atoms with Crippen molar-refractivity contribution >= 4 is 34.8 Å². The zero-order valence-electron chi connectivity index (χ0n) is 10.8. The Balaban J connectivity index is 2.07. The summed E-state index contributed by atoms with van der Waals surface area (Å²) in [5.41, 5.74) is 0.932. The fraction of sp³-hybridized carbons (Fsp3) is 0.0667. The minimum atomic E-state index is -0.331. The van der Waals surface area contributed by atoms with E-state index in [-0.39, 0.29) is 17.5 Å². The minimum absolute atomic E-state index is 0.0217. The van der Waals surface area contributed by atoms with Gasteiger partial charge in [0, 0.05) is 10.7 Å². The molecule has 0 atom stereocenters. The largest absolute Gasteiger partial charge is 0.479 e. The number of nitrogens with zero attached hydrogens (tertiary/aromatic N) is 1. The normalized spacial score (nSPS) is 9.76. The Morgan fingerprint density at radius 1 is 1.19 bits per heavy atom. The van der Waals surface area contributed by atoms with Crippen LogP contribution in [0.4, 0.5) is 5.69 Å². The molecule has 0 aliphatic carbocycles. The van der Waals surface area contributed by atoms with E-state index in [0.717, 1.165) is 0 Å².